The van der Waals surface area contributed by atoms with E-state index in [0.717, 1.165) is 30.3 Å². The molecule has 6 N–H and O–H groups in total. The SMILES string of the molecule is C=CC[C@@H]1/C=C(\C)C[C@H](C)C[C@H](OC)[C@@H]2O[C@@](O)(C(=O)C(=O)N3CCCC[C@H]3CO[C@H](/C(C)=C/[C@@H]3CC[C@@H](O)[C@H](CO)C3)[C@H](C)[C@@H](O)CC1=O)[C@H](C)C[C@@H]2C=O.O. The van der Waals surface area contributed by atoms with Crippen LogP contribution in [0.5, 0.6) is 0 Å². The van der Waals surface area contributed by atoms with Crippen LogP contribution in [0.4, 0.5) is 0 Å². The van der Waals surface area contributed by atoms with Crippen molar-refractivity contribution in [2.24, 2.45) is 41.4 Å². The third-order valence-corrected chi connectivity index (χ3v) is 13.0. The summed E-state index contributed by atoms with van der Waals surface area (Å²) < 4.78 is 18.7. The first kappa shape index (κ1) is 48.7. The van der Waals surface area contributed by atoms with Gasteiger partial charge in [-0.15, -0.1) is 6.58 Å². The number of amides is 1. The van der Waals surface area contributed by atoms with E-state index in [-0.39, 0.29) is 61.6 Å². The summed E-state index contributed by atoms with van der Waals surface area (Å²) in [5, 5.41) is 43.9. The monoisotopic (exact) mass is 805 g/mol. The predicted octanol–water partition coefficient (Wildman–Crippen LogP) is 3.68. The van der Waals surface area contributed by atoms with Crippen molar-refractivity contribution in [1.29, 1.82) is 0 Å². The number of nitrogens with zero attached hydrogens (tertiary/aromatic N) is 1. The molecule has 324 valence electrons. The molecular weight excluding hydrogens is 734 g/mol. The van der Waals surface area contributed by atoms with Crippen molar-refractivity contribution in [3.63, 3.8) is 0 Å². The standard InChI is InChI=1S/C44H69NO11.H2O/c1-8-11-32-17-26(2)16-27(3)18-39(54-7)41-34(24-47)20-29(5)44(53,56-41)42(51)43(52)45-15-10-9-12-35(45)25-55-40(30(6)37(49)22-38(32)50)28(4)19-31-13-14-36(48)33(21-31)23-46;/h8,17,19,24,27,29-37,39-41,46,48-49,53H,1,9-16,18,20-23,25H2,2-7H3;1H2/b26-17+,28-19+;/t27-,29+,30+,31-,32+,33-,34+,35-,36+,37-,39-,40+,41+,44+;/m0./s1. The van der Waals surface area contributed by atoms with Gasteiger partial charge in [0.1, 0.15) is 12.1 Å². The highest BCUT2D eigenvalue weighted by Gasteiger charge is 2.56. The van der Waals surface area contributed by atoms with Crippen LogP contribution in [0.25, 0.3) is 0 Å². The van der Waals surface area contributed by atoms with Crippen LogP contribution in [-0.2, 0) is 33.4 Å². The van der Waals surface area contributed by atoms with Gasteiger partial charge in [-0.05, 0) is 95.5 Å². The van der Waals surface area contributed by atoms with E-state index in [4.69, 9.17) is 14.2 Å². The molecule has 0 aromatic heterocycles. The quantitative estimate of drug-likeness (QED) is 0.166. The topological polar surface area (TPSA) is 212 Å². The van der Waals surface area contributed by atoms with Gasteiger partial charge in [-0.25, -0.2) is 0 Å². The van der Waals surface area contributed by atoms with Gasteiger partial charge < -0.3 is 49.8 Å². The van der Waals surface area contributed by atoms with E-state index in [2.05, 4.69) is 12.7 Å². The molecule has 14 atom stereocenters. The number of hydrogen-bond acceptors (Lipinski definition) is 11. The lowest BCUT2D eigenvalue weighted by Crippen LogP contribution is -2.63. The summed E-state index contributed by atoms with van der Waals surface area (Å²) in [4.78, 5) is 56.1. The van der Waals surface area contributed by atoms with E-state index >= 15 is 0 Å². The van der Waals surface area contributed by atoms with Crippen LogP contribution in [-0.4, -0.2) is 124 Å². The summed E-state index contributed by atoms with van der Waals surface area (Å²) >= 11 is 0. The Morgan fingerprint density at radius 3 is 2.42 bits per heavy atom. The van der Waals surface area contributed by atoms with Gasteiger partial charge >= 0.3 is 0 Å². The van der Waals surface area contributed by atoms with Crippen molar-refractivity contribution in [3.05, 3.63) is 36.0 Å². The van der Waals surface area contributed by atoms with Crippen molar-refractivity contribution < 1.29 is 59.3 Å². The van der Waals surface area contributed by atoms with E-state index in [0.29, 0.717) is 44.9 Å². The molecule has 1 saturated carbocycles. The second-order valence-corrected chi connectivity index (χ2v) is 17.5. The molecular formula is C44H71NO12. The number of Topliss-reactive ketones (excluding diaryl/α,β-unsaturated/α-hetero) is 2. The van der Waals surface area contributed by atoms with Crippen LogP contribution >= 0.6 is 0 Å². The molecule has 4 aliphatic rings. The van der Waals surface area contributed by atoms with E-state index < -0.39 is 77.7 Å². The molecule has 3 heterocycles. The highest BCUT2D eigenvalue weighted by Crippen LogP contribution is 2.40. The van der Waals surface area contributed by atoms with Crippen LogP contribution in [0.3, 0.4) is 0 Å². The minimum absolute atomic E-state index is 0. The fourth-order valence-corrected chi connectivity index (χ4v) is 9.63. The molecule has 2 bridgehead atoms. The van der Waals surface area contributed by atoms with Gasteiger partial charge in [0.2, 0.25) is 5.79 Å². The maximum Gasteiger partial charge on any atom is 0.296 e. The molecule has 1 aliphatic carbocycles. The normalized spacial score (nSPS) is 40.8. The van der Waals surface area contributed by atoms with Crippen LogP contribution in [0.1, 0.15) is 105 Å². The Kier molecular flexibility index (Phi) is 18.9. The lowest BCUT2D eigenvalue weighted by atomic mass is 9.78. The van der Waals surface area contributed by atoms with E-state index in [1.807, 2.05) is 33.8 Å². The number of methoxy groups -OCH3 is 1. The molecule has 13 heteroatoms. The van der Waals surface area contributed by atoms with Gasteiger partial charge in [-0.2, -0.15) is 0 Å². The highest BCUT2D eigenvalue weighted by molar-refractivity contribution is 6.38. The fourth-order valence-electron chi connectivity index (χ4n) is 9.63. The Morgan fingerprint density at radius 1 is 1.05 bits per heavy atom. The first-order valence-electron chi connectivity index (χ1n) is 20.9. The molecule has 3 aliphatic heterocycles. The van der Waals surface area contributed by atoms with Crippen LogP contribution in [0, 0.1) is 41.4 Å². The minimum Gasteiger partial charge on any atom is -0.412 e. The number of piperidine rings is 1. The summed E-state index contributed by atoms with van der Waals surface area (Å²) in [5.74, 6) is -7.32. The molecule has 13 nitrogen and oxygen atoms in total. The number of hydrogen-bond donors (Lipinski definition) is 4. The molecule has 3 fully saturated rings. The lowest BCUT2D eigenvalue weighted by molar-refractivity contribution is -0.287. The number of aliphatic hydroxyl groups excluding tert-OH is 3. The number of rotatable bonds is 7. The van der Waals surface area contributed by atoms with Crippen LogP contribution in [0.2, 0.25) is 0 Å². The molecule has 0 radical (unpaired) electrons. The van der Waals surface area contributed by atoms with Gasteiger partial charge in [0.05, 0.1) is 43.2 Å². The predicted molar refractivity (Wildman–Crippen MR) is 215 cm³/mol. The molecule has 2 saturated heterocycles. The summed E-state index contributed by atoms with van der Waals surface area (Å²) in [6, 6.07) is -0.516. The third-order valence-electron chi connectivity index (χ3n) is 13.0. The van der Waals surface area contributed by atoms with Crippen LogP contribution in [0.15, 0.2) is 36.0 Å². The first-order chi connectivity index (χ1) is 26.6. The van der Waals surface area contributed by atoms with Crippen LogP contribution < -0.4 is 0 Å². The summed E-state index contributed by atoms with van der Waals surface area (Å²) in [5.41, 5.74) is 1.79. The summed E-state index contributed by atoms with van der Waals surface area (Å²) in [6.07, 6.45) is 7.84. The van der Waals surface area contributed by atoms with E-state index in [1.165, 1.54) is 12.0 Å². The maximum atomic E-state index is 14.2. The minimum atomic E-state index is -2.47. The summed E-state index contributed by atoms with van der Waals surface area (Å²) in [7, 11) is 1.50. The Morgan fingerprint density at radius 2 is 1.77 bits per heavy atom. The second kappa shape index (κ2) is 22.1. The molecule has 4 rings (SSSR count). The number of carbonyl (C=O) groups is 4. The number of fused-ring (bicyclic) bond motifs is 3. The second-order valence-electron chi connectivity index (χ2n) is 17.5. The van der Waals surface area contributed by atoms with Gasteiger partial charge in [-0.3, -0.25) is 14.4 Å². The summed E-state index contributed by atoms with van der Waals surface area (Å²) in [6.45, 7) is 13.4. The van der Waals surface area contributed by atoms with Gasteiger partial charge in [0.25, 0.3) is 11.7 Å². The Hall–Kier alpha value is -2.62. The Balaban J connectivity index is 0.00000870. The van der Waals surface area contributed by atoms with Crippen molar-refractivity contribution in [2.45, 2.75) is 148 Å². The van der Waals surface area contributed by atoms with E-state index in [1.54, 1.807) is 13.0 Å². The molecule has 0 aromatic carbocycles. The third kappa shape index (κ3) is 12.0. The zero-order valence-corrected chi connectivity index (χ0v) is 35.0. The number of ketones is 2. The van der Waals surface area contributed by atoms with Crippen molar-refractivity contribution in [2.75, 3.05) is 26.9 Å². The van der Waals surface area contributed by atoms with E-state index in [9.17, 15) is 39.6 Å². The maximum absolute atomic E-state index is 14.2. The number of aldehydes is 1. The Bertz CT molecular complexity index is 1430. The number of aliphatic hydroxyl groups is 4. The zero-order valence-electron chi connectivity index (χ0n) is 35.0. The molecule has 1 amide bonds. The van der Waals surface area contributed by atoms with Gasteiger partial charge in [0.15, 0.2) is 0 Å². The van der Waals surface area contributed by atoms with Crippen molar-refractivity contribution in [3.8, 4) is 0 Å². The Labute approximate surface area is 339 Å². The molecule has 0 spiro atoms. The van der Waals surface area contributed by atoms with Gasteiger partial charge in [-0.1, -0.05) is 44.6 Å². The average molecular weight is 806 g/mol. The molecule has 0 unspecified atom stereocenters. The van der Waals surface area contributed by atoms with Crippen molar-refractivity contribution in [1.82, 2.24) is 4.90 Å². The molecule has 0 aromatic rings. The number of carbonyl (C=O) groups excluding carboxylic acids is 4. The van der Waals surface area contributed by atoms with Crippen molar-refractivity contribution >= 4 is 23.8 Å². The fraction of sp³-hybridized carbons (Fsp3) is 0.773. The van der Waals surface area contributed by atoms with Gasteiger partial charge in [0, 0.05) is 56.3 Å². The molecule has 57 heavy (non-hydrogen) atoms. The first-order valence-corrected chi connectivity index (χ1v) is 20.9. The number of allylic oxidation sites excluding steroid dienone is 4. The zero-order chi connectivity index (χ0) is 41.3. The highest BCUT2D eigenvalue weighted by atomic mass is 16.7. The smallest absolute Gasteiger partial charge is 0.296 e. The number of ether oxygens (including phenoxy) is 3. The average Bonchev–Trinajstić information content (AvgIpc) is 3.17. The largest absolute Gasteiger partial charge is 0.412 e. The lowest BCUT2D eigenvalue weighted by Gasteiger charge is -2.46.